The van der Waals surface area contributed by atoms with Crippen molar-refractivity contribution in [3.05, 3.63) is 179 Å². The van der Waals surface area contributed by atoms with Crippen molar-refractivity contribution < 1.29 is 4.74 Å². The van der Waals surface area contributed by atoms with Crippen LogP contribution in [0.4, 0.5) is 22.7 Å². The Labute approximate surface area is 394 Å². The molecule has 6 aromatic carbocycles. The third kappa shape index (κ3) is 8.27. The summed E-state index contributed by atoms with van der Waals surface area (Å²) in [7, 11) is 0. The van der Waals surface area contributed by atoms with Gasteiger partial charge in [-0.15, -0.1) is 0 Å². The third-order valence-electron chi connectivity index (χ3n) is 13.8. The summed E-state index contributed by atoms with van der Waals surface area (Å²) in [5, 5.41) is 2.40. The second-order valence-electron chi connectivity index (χ2n) is 23.2. The zero-order valence-electron chi connectivity index (χ0n) is 41.8. The molecule has 0 spiro atoms. The van der Waals surface area contributed by atoms with Crippen molar-refractivity contribution in [2.75, 3.05) is 16.5 Å². The van der Waals surface area contributed by atoms with E-state index in [-0.39, 0.29) is 27.1 Å². The molecule has 9 rings (SSSR count). The Balaban J connectivity index is 1.22. The normalized spacial score (nSPS) is 13.8. The molecule has 0 fully saturated rings. The number of fused-ring (bicyclic) bond motifs is 4. The van der Waals surface area contributed by atoms with Crippen LogP contribution in [0.3, 0.4) is 0 Å². The minimum atomic E-state index is -0.368. The summed E-state index contributed by atoms with van der Waals surface area (Å²) in [4.78, 5) is 9.98. The molecule has 0 amide bonds. The Hall–Kier alpha value is -6.33. The second kappa shape index (κ2) is 15.9. The summed E-state index contributed by atoms with van der Waals surface area (Å²) < 4.78 is 9.63. The van der Waals surface area contributed by atoms with Gasteiger partial charge in [-0.25, -0.2) is 4.98 Å². The lowest BCUT2D eigenvalue weighted by atomic mass is 9.76. The van der Waals surface area contributed by atoms with Crippen LogP contribution in [0, 0.1) is 0 Å². The third-order valence-corrected chi connectivity index (χ3v) is 13.8. The van der Waals surface area contributed by atoms with Crippen molar-refractivity contribution in [1.82, 2.24) is 9.55 Å². The number of hydrogen-bond acceptors (Lipinski definition) is 4. The van der Waals surface area contributed by atoms with E-state index in [0.717, 1.165) is 34.0 Å². The first-order valence-corrected chi connectivity index (χ1v) is 23.7. The van der Waals surface area contributed by atoms with Gasteiger partial charge in [0.25, 0.3) is 0 Å². The average Bonchev–Trinajstić information content (AvgIpc) is 3.81. The molecule has 0 saturated heterocycles. The molecule has 0 N–H and O–H groups in total. The molecule has 338 valence electrons. The van der Waals surface area contributed by atoms with Crippen molar-refractivity contribution in [2.24, 2.45) is 0 Å². The molecule has 5 nitrogen and oxygen atoms in total. The number of anilines is 4. The standard InChI is InChI=1S/C61H68N4O/c1-57(2,3)41-28-29-62-55(35-41)65-51-25-19-18-24-49(51)56-50(61(13,14)40-22-16-15-17-23-40)37-48(38-54(56)65)66-47-34-44(60(10,11)12)33-46(36-47)64-39-63(52-26-20-21-27-53(52)64)45-31-42(58(4,5)6)30-43(32-45)59(7,8)9/h15-38H,39H2,1-14H3. The summed E-state index contributed by atoms with van der Waals surface area (Å²) in [5.74, 6) is 2.48. The first-order valence-electron chi connectivity index (χ1n) is 23.7. The van der Waals surface area contributed by atoms with E-state index in [0.29, 0.717) is 6.67 Å². The maximum Gasteiger partial charge on any atom is 0.137 e. The lowest BCUT2D eigenvalue weighted by Gasteiger charge is -2.30. The van der Waals surface area contributed by atoms with Gasteiger partial charge in [0.15, 0.2) is 0 Å². The lowest BCUT2D eigenvalue weighted by Crippen LogP contribution is -2.26. The van der Waals surface area contributed by atoms with Gasteiger partial charge < -0.3 is 14.5 Å². The van der Waals surface area contributed by atoms with Crippen LogP contribution in [0.25, 0.3) is 27.6 Å². The highest BCUT2D eigenvalue weighted by Crippen LogP contribution is 2.49. The summed E-state index contributed by atoms with van der Waals surface area (Å²) >= 11 is 0. The number of benzene rings is 6. The van der Waals surface area contributed by atoms with Crippen LogP contribution >= 0.6 is 0 Å². The zero-order chi connectivity index (χ0) is 47.1. The van der Waals surface area contributed by atoms with Crippen molar-refractivity contribution in [3.63, 3.8) is 0 Å². The van der Waals surface area contributed by atoms with Gasteiger partial charge in [-0.05, 0) is 116 Å². The highest BCUT2D eigenvalue weighted by Gasteiger charge is 2.33. The summed E-state index contributed by atoms with van der Waals surface area (Å²) in [5.41, 5.74) is 13.9. The van der Waals surface area contributed by atoms with Gasteiger partial charge in [0.1, 0.15) is 24.0 Å². The number of ether oxygens (including phenoxy) is 1. The molecule has 2 aromatic heterocycles. The first-order chi connectivity index (χ1) is 31.0. The zero-order valence-corrected chi connectivity index (χ0v) is 41.8. The van der Waals surface area contributed by atoms with Crippen molar-refractivity contribution >= 4 is 44.6 Å². The van der Waals surface area contributed by atoms with Crippen molar-refractivity contribution in [1.29, 1.82) is 0 Å². The van der Waals surface area contributed by atoms with Gasteiger partial charge in [-0.3, -0.25) is 4.57 Å². The lowest BCUT2D eigenvalue weighted by molar-refractivity contribution is 0.477. The molecule has 0 radical (unpaired) electrons. The van der Waals surface area contributed by atoms with Crippen LogP contribution in [0.2, 0.25) is 0 Å². The van der Waals surface area contributed by atoms with Crippen LogP contribution in [0.5, 0.6) is 11.5 Å². The van der Waals surface area contributed by atoms with E-state index in [1.807, 2.05) is 6.20 Å². The molecule has 8 aromatic rings. The predicted molar refractivity (Wildman–Crippen MR) is 280 cm³/mol. The monoisotopic (exact) mass is 873 g/mol. The molecule has 3 heterocycles. The molecular weight excluding hydrogens is 805 g/mol. The quantitative estimate of drug-likeness (QED) is 0.160. The molecule has 1 aliphatic rings. The van der Waals surface area contributed by atoms with E-state index in [1.165, 1.54) is 61.2 Å². The Kier molecular flexibility index (Phi) is 10.8. The van der Waals surface area contributed by atoms with Crippen LogP contribution in [0.1, 0.15) is 130 Å². The number of hydrogen-bond donors (Lipinski definition) is 0. The Bertz CT molecular complexity index is 3080. The average molecular weight is 873 g/mol. The maximum absolute atomic E-state index is 7.29. The fraction of sp³-hybridized carbons (Fsp3) is 0.328. The van der Waals surface area contributed by atoms with Gasteiger partial charge in [0, 0.05) is 45.9 Å². The highest BCUT2D eigenvalue weighted by atomic mass is 16.5. The first kappa shape index (κ1) is 44.9. The van der Waals surface area contributed by atoms with E-state index in [4.69, 9.17) is 9.72 Å². The maximum atomic E-state index is 7.29. The van der Waals surface area contributed by atoms with Gasteiger partial charge in [0.05, 0.1) is 22.4 Å². The Morgan fingerprint density at radius 1 is 0.439 bits per heavy atom. The summed E-state index contributed by atoms with van der Waals surface area (Å²) in [6.45, 7) is 32.9. The highest BCUT2D eigenvalue weighted by molar-refractivity contribution is 6.12. The van der Waals surface area contributed by atoms with Crippen LogP contribution in [-0.2, 0) is 27.1 Å². The Morgan fingerprint density at radius 2 is 0.955 bits per heavy atom. The van der Waals surface area contributed by atoms with E-state index in [2.05, 4.69) is 251 Å². The van der Waals surface area contributed by atoms with Gasteiger partial charge in [0.2, 0.25) is 0 Å². The summed E-state index contributed by atoms with van der Waals surface area (Å²) in [6, 6.07) is 51.4. The molecule has 0 bridgehead atoms. The molecule has 1 aliphatic heterocycles. The van der Waals surface area contributed by atoms with E-state index in [9.17, 15) is 0 Å². The molecule has 0 atom stereocenters. The second-order valence-corrected chi connectivity index (χ2v) is 23.2. The minimum Gasteiger partial charge on any atom is -0.457 e. The minimum absolute atomic E-state index is 0.00272. The topological polar surface area (TPSA) is 33.5 Å². The van der Waals surface area contributed by atoms with E-state index < -0.39 is 0 Å². The number of pyridine rings is 1. The predicted octanol–water partition coefficient (Wildman–Crippen LogP) is 16.7. The number of nitrogens with zero attached hydrogens (tertiary/aromatic N) is 4. The van der Waals surface area contributed by atoms with Crippen LogP contribution in [-0.4, -0.2) is 16.2 Å². The number of rotatable bonds is 7. The van der Waals surface area contributed by atoms with Gasteiger partial charge in [-0.1, -0.05) is 164 Å². The fourth-order valence-corrected chi connectivity index (χ4v) is 9.54. The molecule has 0 unspecified atom stereocenters. The molecule has 5 heteroatoms. The van der Waals surface area contributed by atoms with E-state index in [1.54, 1.807) is 0 Å². The fourth-order valence-electron chi connectivity index (χ4n) is 9.54. The van der Waals surface area contributed by atoms with Crippen LogP contribution < -0.4 is 14.5 Å². The summed E-state index contributed by atoms with van der Waals surface area (Å²) in [6.07, 6.45) is 1.95. The van der Waals surface area contributed by atoms with E-state index >= 15 is 0 Å². The van der Waals surface area contributed by atoms with Crippen molar-refractivity contribution in [2.45, 2.75) is 124 Å². The molecule has 0 saturated carbocycles. The molecule has 66 heavy (non-hydrogen) atoms. The Morgan fingerprint density at radius 3 is 1.55 bits per heavy atom. The van der Waals surface area contributed by atoms with Gasteiger partial charge in [-0.2, -0.15) is 0 Å². The van der Waals surface area contributed by atoms with Crippen LogP contribution in [0.15, 0.2) is 146 Å². The van der Waals surface area contributed by atoms with Gasteiger partial charge >= 0.3 is 0 Å². The number of aromatic nitrogens is 2. The largest absolute Gasteiger partial charge is 0.457 e. The molecular formula is C61H68N4O. The SMILES string of the molecule is CC(C)(C)c1cc(Oc2cc(C(C)(C)c3ccccc3)c3c4ccccc4n(-c4cc(C(C)(C)C)ccn4)c3c2)cc(N2CN(c3cc(C(C)(C)C)cc(C(C)(C)C)c3)c3ccccc32)c1. The smallest absolute Gasteiger partial charge is 0.137 e. The molecule has 0 aliphatic carbocycles. The number of para-hydroxylation sites is 3. The van der Waals surface area contributed by atoms with Crippen molar-refractivity contribution in [3.8, 4) is 17.3 Å².